The maximum Gasteiger partial charge on any atom is 0.289 e. The summed E-state index contributed by atoms with van der Waals surface area (Å²) in [6.07, 6.45) is 1.75. The van der Waals surface area contributed by atoms with Gasteiger partial charge in [0.2, 0.25) is 0 Å². The van der Waals surface area contributed by atoms with Crippen LogP contribution < -0.4 is 9.54 Å². The van der Waals surface area contributed by atoms with Crippen molar-refractivity contribution in [3.8, 4) is 5.75 Å². The number of nitro benzene ring substituents is 1. The Hall–Kier alpha value is -3.30. The fourth-order valence-corrected chi connectivity index (χ4v) is 4.96. The second-order valence-electron chi connectivity index (χ2n) is 6.12. The van der Waals surface area contributed by atoms with E-state index in [0.29, 0.717) is 21.6 Å². The van der Waals surface area contributed by atoms with Crippen molar-refractivity contribution in [1.82, 2.24) is 4.57 Å². The van der Waals surface area contributed by atoms with E-state index in [0.717, 1.165) is 20.7 Å². The Bertz CT molecular complexity index is 1350. The van der Waals surface area contributed by atoms with Crippen LogP contribution in [0.1, 0.15) is 9.67 Å². The van der Waals surface area contributed by atoms with Crippen molar-refractivity contribution in [2.24, 2.45) is 4.99 Å². The van der Waals surface area contributed by atoms with Gasteiger partial charge in [-0.15, -0.1) is 17.9 Å². The van der Waals surface area contributed by atoms with Gasteiger partial charge in [0.1, 0.15) is 5.75 Å². The Morgan fingerprint density at radius 3 is 2.79 bits per heavy atom. The molecule has 0 fully saturated rings. The Kier molecular flexibility index (Phi) is 4.99. The van der Waals surface area contributed by atoms with Gasteiger partial charge >= 0.3 is 0 Å². The average molecular weight is 425 g/mol. The van der Waals surface area contributed by atoms with E-state index in [4.69, 9.17) is 4.74 Å². The first kappa shape index (κ1) is 19.0. The van der Waals surface area contributed by atoms with E-state index in [1.807, 2.05) is 22.8 Å². The molecule has 7 nitrogen and oxygen atoms in total. The van der Waals surface area contributed by atoms with Crippen molar-refractivity contribution in [3.05, 3.63) is 74.9 Å². The third-order valence-corrected chi connectivity index (χ3v) is 6.47. The first-order valence-electron chi connectivity index (χ1n) is 8.55. The Morgan fingerprint density at radius 1 is 1.24 bits per heavy atom. The monoisotopic (exact) mass is 425 g/mol. The van der Waals surface area contributed by atoms with Crippen LogP contribution in [0, 0.1) is 10.1 Å². The molecule has 29 heavy (non-hydrogen) atoms. The summed E-state index contributed by atoms with van der Waals surface area (Å²) in [5.41, 5.74) is 0.933. The molecule has 0 N–H and O–H groups in total. The van der Waals surface area contributed by atoms with Crippen molar-refractivity contribution in [2.45, 2.75) is 6.54 Å². The Morgan fingerprint density at radius 2 is 2.07 bits per heavy atom. The van der Waals surface area contributed by atoms with Crippen LogP contribution >= 0.6 is 22.7 Å². The smallest absolute Gasteiger partial charge is 0.289 e. The number of methoxy groups -OCH3 is 1. The quantitative estimate of drug-likeness (QED) is 0.262. The molecule has 9 heteroatoms. The zero-order valence-electron chi connectivity index (χ0n) is 15.3. The molecule has 0 bridgehead atoms. The van der Waals surface area contributed by atoms with Crippen molar-refractivity contribution in [2.75, 3.05) is 7.11 Å². The summed E-state index contributed by atoms with van der Waals surface area (Å²) >= 11 is 2.66. The number of rotatable bonds is 5. The van der Waals surface area contributed by atoms with Crippen LogP contribution in [0.2, 0.25) is 0 Å². The molecule has 4 aromatic rings. The molecule has 2 aromatic carbocycles. The van der Waals surface area contributed by atoms with Crippen molar-refractivity contribution in [1.29, 1.82) is 0 Å². The molecular formula is C20H15N3O4S2. The second kappa shape index (κ2) is 7.61. The van der Waals surface area contributed by atoms with Gasteiger partial charge in [0.15, 0.2) is 4.80 Å². The summed E-state index contributed by atoms with van der Waals surface area (Å²) in [5, 5.41) is 11.6. The summed E-state index contributed by atoms with van der Waals surface area (Å²) in [6, 6.07) is 11.9. The number of thiophene rings is 1. The molecule has 0 unspecified atom stereocenters. The number of ether oxygens (including phenoxy) is 1. The SMILES string of the molecule is C=CCn1c(=NC(=O)c2cc3cc([N+](=O)[O-])ccc3s2)sc2cc(OC)ccc21. The highest BCUT2D eigenvalue weighted by atomic mass is 32.1. The highest BCUT2D eigenvalue weighted by Gasteiger charge is 2.14. The third-order valence-electron chi connectivity index (χ3n) is 4.32. The lowest BCUT2D eigenvalue weighted by Gasteiger charge is -2.02. The van der Waals surface area contributed by atoms with Gasteiger partial charge in [-0.2, -0.15) is 4.99 Å². The maximum absolute atomic E-state index is 12.8. The highest BCUT2D eigenvalue weighted by Crippen LogP contribution is 2.29. The molecule has 0 saturated carbocycles. The van der Waals surface area contributed by atoms with Crippen LogP contribution in [0.3, 0.4) is 0 Å². The van der Waals surface area contributed by atoms with Gasteiger partial charge in [0, 0.05) is 28.8 Å². The predicted molar refractivity (Wildman–Crippen MR) is 115 cm³/mol. The highest BCUT2D eigenvalue weighted by molar-refractivity contribution is 7.21. The average Bonchev–Trinajstić information content (AvgIpc) is 3.28. The van der Waals surface area contributed by atoms with Gasteiger partial charge in [-0.1, -0.05) is 17.4 Å². The summed E-state index contributed by atoms with van der Waals surface area (Å²) in [6.45, 7) is 4.30. The number of carbonyl (C=O) groups is 1. The Labute approximate surface area is 173 Å². The molecule has 0 aliphatic carbocycles. The molecule has 4 rings (SSSR count). The van der Waals surface area contributed by atoms with Crippen LogP contribution in [0.25, 0.3) is 20.3 Å². The number of hydrogen-bond acceptors (Lipinski definition) is 6. The number of thiazole rings is 1. The largest absolute Gasteiger partial charge is 0.497 e. The van der Waals surface area contributed by atoms with Crippen molar-refractivity contribution < 1.29 is 14.5 Å². The van der Waals surface area contributed by atoms with E-state index >= 15 is 0 Å². The number of fused-ring (bicyclic) bond motifs is 2. The topological polar surface area (TPSA) is 86.7 Å². The lowest BCUT2D eigenvalue weighted by molar-refractivity contribution is -0.384. The Balaban J connectivity index is 1.80. The summed E-state index contributed by atoms with van der Waals surface area (Å²) < 4.78 is 8.94. The van der Waals surface area contributed by atoms with Gasteiger partial charge in [-0.3, -0.25) is 14.9 Å². The predicted octanol–water partition coefficient (Wildman–Crippen LogP) is 4.76. The number of allylic oxidation sites excluding steroid dienone is 1. The minimum Gasteiger partial charge on any atom is -0.497 e. The summed E-state index contributed by atoms with van der Waals surface area (Å²) in [5.74, 6) is 0.346. The van der Waals surface area contributed by atoms with Crippen LogP contribution in [-0.4, -0.2) is 22.5 Å². The molecule has 0 radical (unpaired) electrons. The van der Waals surface area contributed by atoms with Gasteiger partial charge in [0.25, 0.3) is 11.6 Å². The molecule has 0 atom stereocenters. The number of hydrogen-bond donors (Lipinski definition) is 0. The van der Waals surface area contributed by atoms with Crippen LogP contribution in [0.5, 0.6) is 5.75 Å². The molecule has 146 valence electrons. The fourth-order valence-electron chi connectivity index (χ4n) is 2.96. The van der Waals surface area contributed by atoms with Crippen molar-refractivity contribution in [3.63, 3.8) is 0 Å². The number of nitro groups is 1. The lowest BCUT2D eigenvalue weighted by atomic mass is 10.2. The minimum absolute atomic E-state index is 0.00600. The molecule has 2 heterocycles. The second-order valence-corrected chi connectivity index (χ2v) is 8.22. The summed E-state index contributed by atoms with van der Waals surface area (Å²) in [7, 11) is 1.60. The number of aromatic nitrogens is 1. The maximum atomic E-state index is 12.8. The van der Waals surface area contributed by atoms with Crippen LogP contribution in [0.4, 0.5) is 5.69 Å². The van der Waals surface area contributed by atoms with Gasteiger partial charge in [-0.25, -0.2) is 0 Å². The molecular weight excluding hydrogens is 410 g/mol. The van der Waals surface area contributed by atoms with E-state index in [1.54, 1.807) is 25.3 Å². The molecule has 0 saturated heterocycles. The third kappa shape index (κ3) is 3.57. The number of benzene rings is 2. The molecule has 0 aliphatic heterocycles. The normalized spacial score (nSPS) is 11.8. The molecule has 0 spiro atoms. The number of nitrogens with zero attached hydrogens (tertiary/aromatic N) is 3. The summed E-state index contributed by atoms with van der Waals surface area (Å²) in [4.78, 5) is 28.6. The lowest BCUT2D eigenvalue weighted by Crippen LogP contribution is -2.15. The first-order chi connectivity index (χ1) is 14.0. The van der Waals surface area contributed by atoms with E-state index in [9.17, 15) is 14.9 Å². The van der Waals surface area contributed by atoms with E-state index in [1.165, 1.54) is 34.8 Å². The van der Waals surface area contributed by atoms with E-state index in [-0.39, 0.29) is 11.6 Å². The zero-order chi connectivity index (χ0) is 20.5. The van der Waals surface area contributed by atoms with Gasteiger partial charge in [-0.05, 0) is 30.3 Å². The zero-order valence-corrected chi connectivity index (χ0v) is 17.0. The number of non-ortho nitro benzene ring substituents is 1. The molecule has 0 aliphatic rings. The minimum atomic E-state index is -0.452. The molecule has 1 amide bonds. The molecule has 2 aromatic heterocycles. The van der Waals surface area contributed by atoms with E-state index < -0.39 is 4.92 Å². The number of carbonyl (C=O) groups excluding carboxylic acids is 1. The first-order valence-corrected chi connectivity index (χ1v) is 10.2. The van der Waals surface area contributed by atoms with E-state index in [2.05, 4.69) is 11.6 Å². The van der Waals surface area contributed by atoms with Crippen LogP contribution in [-0.2, 0) is 6.54 Å². The van der Waals surface area contributed by atoms with Crippen molar-refractivity contribution >= 4 is 54.6 Å². The van der Waals surface area contributed by atoms with Gasteiger partial charge in [0.05, 0.1) is 27.1 Å². The van der Waals surface area contributed by atoms with Gasteiger partial charge < -0.3 is 9.30 Å². The van der Waals surface area contributed by atoms with Crippen LogP contribution in [0.15, 0.2) is 60.1 Å². The number of amides is 1. The standard InChI is InChI=1S/C20H15N3O4S2/c1-3-8-22-15-6-5-14(27-2)11-17(15)29-20(22)21-19(24)18-10-12-9-13(23(25)26)4-7-16(12)28-18/h3-7,9-11H,1,8H2,2H3. The fraction of sp³-hybridized carbons (Fsp3) is 0.100.